The molecule has 1 aromatic carbocycles. The monoisotopic (exact) mass is 423 g/mol. The van der Waals surface area contributed by atoms with Crippen LogP contribution in [0.2, 0.25) is 0 Å². The van der Waals surface area contributed by atoms with Gasteiger partial charge in [-0.25, -0.2) is 9.07 Å². The zero-order valence-corrected chi connectivity index (χ0v) is 17.2. The lowest BCUT2D eigenvalue weighted by molar-refractivity contribution is 0.0951. The van der Waals surface area contributed by atoms with Crippen molar-refractivity contribution in [2.45, 2.75) is 6.92 Å². The van der Waals surface area contributed by atoms with Gasteiger partial charge in [0.1, 0.15) is 10.6 Å². The van der Waals surface area contributed by atoms with E-state index in [1.165, 1.54) is 23.5 Å². The first kappa shape index (κ1) is 20.7. The van der Waals surface area contributed by atoms with Gasteiger partial charge in [0.15, 0.2) is 0 Å². The summed E-state index contributed by atoms with van der Waals surface area (Å²) in [5.74, 6) is -0.342. The minimum atomic E-state index is -0.283. The minimum absolute atomic E-state index is 0. The number of carbonyl (C=O) groups is 1. The predicted octanol–water partition coefficient (Wildman–Crippen LogP) is 2.59. The predicted molar refractivity (Wildman–Crippen MR) is 113 cm³/mol. The van der Waals surface area contributed by atoms with E-state index in [2.05, 4.69) is 20.6 Å². The second-order valence-corrected chi connectivity index (χ2v) is 7.68. The molecule has 1 saturated heterocycles. The van der Waals surface area contributed by atoms with Gasteiger partial charge in [0.2, 0.25) is 0 Å². The number of aryl methyl sites for hydroxylation is 1. The average Bonchev–Trinajstić information content (AvgIpc) is 3.24. The van der Waals surface area contributed by atoms with Crippen molar-refractivity contribution in [2.75, 3.05) is 39.3 Å². The van der Waals surface area contributed by atoms with Crippen LogP contribution in [0.3, 0.4) is 0 Å². The molecule has 150 valence electrons. The van der Waals surface area contributed by atoms with Gasteiger partial charge in [0.05, 0.1) is 16.3 Å². The van der Waals surface area contributed by atoms with Crippen LogP contribution in [-0.4, -0.2) is 59.9 Å². The van der Waals surface area contributed by atoms with Gasteiger partial charge in [-0.15, -0.1) is 23.7 Å². The standard InChI is InChI=1S/C19H22FN5OS.ClH/c1-13-16-12-17(18(26)22-8-11-24-9-6-21-7-10-24)27-19(16)25(23-13)15-4-2-14(20)3-5-15;/h2-5,12,21H,6-11H2,1H3,(H,22,26);1H. The second kappa shape index (κ2) is 9.00. The smallest absolute Gasteiger partial charge is 0.261 e. The Balaban J connectivity index is 0.00000225. The molecule has 0 spiro atoms. The van der Waals surface area contributed by atoms with E-state index in [1.54, 1.807) is 16.8 Å². The van der Waals surface area contributed by atoms with Crippen LogP contribution >= 0.6 is 23.7 Å². The summed E-state index contributed by atoms with van der Waals surface area (Å²) in [4.78, 5) is 16.5. The molecule has 0 bridgehead atoms. The summed E-state index contributed by atoms with van der Waals surface area (Å²) in [6.07, 6.45) is 0. The van der Waals surface area contributed by atoms with Crippen LogP contribution in [0.1, 0.15) is 15.4 Å². The summed E-state index contributed by atoms with van der Waals surface area (Å²) >= 11 is 1.41. The van der Waals surface area contributed by atoms with Crippen molar-refractivity contribution < 1.29 is 9.18 Å². The highest BCUT2D eigenvalue weighted by Gasteiger charge is 2.17. The first-order chi connectivity index (χ1) is 13.1. The third-order valence-corrected chi connectivity index (χ3v) is 5.87. The zero-order valence-electron chi connectivity index (χ0n) is 15.6. The largest absolute Gasteiger partial charge is 0.350 e. The highest BCUT2D eigenvalue weighted by molar-refractivity contribution is 7.20. The molecule has 2 aromatic heterocycles. The Morgan fingerprint density at radius 2 is 2.00 bits per heavy atom. The van der Waals surface area contributed by atoms with Crippen molar-refractivity contribution in [1.29, 1.82) is 0 Å². The average molecular weight is 424 g/mol. The lowest BCUT2D eigenvalue weighted by Crippen LogP contribution is -2.46. The fraction of sp³-hybridized carbons (Fsp3) is 0.368. The number of hydrogen-bond donors (Lipinski definition) is 2. The number of nitrogens with zero attached hydrogens (tertiary/aromatic N) is 3. The maximum atomic E-state index is 13.2. The molecule has 1 aliphatic heterocycles. The lowest BCUT2D eigenvalue weighted by Gasteiger charge is -2.26. The van der Waals surface area contributed by atoms with Gasteiger partial charge in [-0.3, -0.25) is 9.69 Å². The molecule has 0 saturated carbocycles. The van der Waals surface area contributed by atoms with E-state index in [0.717, 1.165) is 54.3 Å². The number of rotatable bonds is 5. The summed E-state index contributed by atoms with van der Waals surface area (Å²) in [6.45, 7) is 7.46. The highest BCUT2D eigenvalue weighted by Crippen LogP contribution is 2.30. The van der Waals surface area contributed by atoms with Crippen molar-refractivity contribution in [3.63, 3.8) is 0 Å². The van der Waals surface area contributed by atoms with E-state index in [0.29, 0.717) is 11.4 Å². The molecule has 28 heavy (non-hydrogen) atoms. The van der Waals surface area contributed by atoms with Crippen molar-refractivity contribution in [2.24, 2.45) is 0 Å². The maximum absolute atomic E-state index is 13.2. The minimum Gasteiger partial charge on any atom is -0.350 e. The van der Waals surface area contributed by atoms with Crippen molar-refractivity contribution in [1.82, 2.24) is 25.3 Å². The first-order valence-electron chi connectivity index (χ1n) is 9.08. The van der Waals surface area contributed by atoms with Gasteiger partial charge >= 0.3 is 0 Å². The van der Waals surface area contributed by atoms with E-state index < -0.39 is 0 Å². The number of benzene rings is 1. The Labute approximate surface area is 173 Å². The second-order valence-electron chi connectivity index (χ2n) is 6.65. The molecule has 1 aliphatic rings. The Morgan fingerprint density at radius 1 is 1.29 bits per heavy atom. The van der Waals surface area contributed by atoms with Gasteiger partial charge in [0.25, 0.3) is 5.91 Å². The molecular formula is C19H23ClFN5OS. The number of fused-ring (bicyclic) bond motifs is 1. The molecule has 4 rings (SSSR count). The van der Waals surface area contributed by atoms with Gasteiger partial charge in [-0.1, -0.05) is 0 Å². The number of aromatic nitrogens is 2. The fourth-order valence-electron chi connectivity index (χ4n) is 3.27. The number of nitrogens with one attached hydrogen (secondary N) is 2. The fourth-order valence-corrected chi connectivity index (χ4v) is 4.37. The number of halogens is 2. The molecule has 3 aromatic rings. The normalized spacial score (nSPS) is 14.8. The van der Waals surface area contributed by atoms with Crippen molar-refractivity contribution in [3.05, 3.63) is 46.7 Å². The number of piperazine rings is 1. The van der Waals surface area contributed by atoms with Crippen LogP contribution in [0.25, 0.3) is 15.9 Å². The summed E-state index contributed by atoms with van der Waals surface area (Å²) in [6, 6.07) is 8.09. The molecule has 0 radical (unpaired) electrons. The molecule has 1 amide bonds. The number of thiophene rings is 1. The van der Waals surface area contributed by atoms with E-state index in [-0.39, 0.29) is 24.1 Å². The number of amides is 1. The number of hydrogen-bond acceptors (Lipinski definition) is 5. The molecule has 9 heteroatoms. The molecular weight excluding hydrogens is 401 g/mol. The summed E-state index contributed by atoms with van der Waals surface area (Å²) in [7, 11) is 0. The zero-order chi connectivity index (χ0) is 18.8. The Hall–Kier alpha value is -2.00. The summed E-state index contributed by atoms with van der Waals surface area (Å²) in [5, 5.41) is 11.8. The molecule has 0 aliphatic carbocycles. The van der Waals surface area contributed by atoms with Gasteiger partial charge in [-0.2, -0.15) is 5.10 Å². The Morgan fingerprint density at radius 3 is 2.71 bits per heavy atom. The third kappa shape index (κ3) is 4.35. The van der Waals surface area contributed by atoms with Crippen LogP contribution in [0.15, 0.2) is 30.3 Å². The van der Waals surface area contributed by atoms with E-state index in [4.69, 9.17) is 0 Å². The lowest BCUT2D eigenvalue weighted by atomic mass is 10.3. The van der Waals surface area contributed by atoms with Crippen molar-refractivity contribution >= 4 is 39.9 Å². The van der Waals surface area contributed by atoms with Gasteiger partial charge < -0.3 is 10.6 Å². The summed E-state index contributed by atoms with van der Waals surface area (Å²) in [5.41, 5.74) is 1.63. The van der Waals surface area contributed by atoms with E-state index >= 15 is 0 Å². The van der Waals surface area contributed by atoms with Crippen LogP contribution in [0.5, 0.6) is 0 Å². The quantitative estimate of drug-likeness (QED) is 0.662. The molecule has 0 atom stereocenters. The summed E-state index contributed by atoms with van der Waals surface area (Å²) < 4.78 is 15.0. The third-order valence-electron chi connectivity index (χ3n) is 4.76. The molecule has 0 unspecified atom stereocenters. The number of carbonyl (C=O) groups excluding carboxylic acids is 1. The van der Waals surface area contributed by atoms with Crippen molar-refractivity contribution in [3.8, 4) is 5.69 Å². The van der Waals surface area contributed by atoms with Crippen LogP contribution < -0.4 is 10.6 Å². The van der Waals surface area contributed by atoms with Crippen LogP contribution in [0.4, 0.5) is 4.39 Å². The Bertz CT molecular complexity index is 949. The maximum Gasteiger partial charge on any atom is 0.261 e. The SMILES string of the molecule is Cc1nn(-c2ccc(F)cc2)c2sc(C(=O)NCCN3CCNCC3)cc12.Cl. The molecule has 3 heterocycles. The van der Waals surface area contributed by atoms with Gasteiger partial charge in [-0.05, 0) is 37.3 Å². The molecule has 1 fully saturated rings. The molecule has 2 N–H and O–H groups in total. The highest BCUT2D eigenvalue weighted by atomic mass is 35.5. The van der Waals surface area contributed by atoms with E-state index in [9.17, 15) is 9.18 Å². The molecule has 6 nitrogen and oxygen atoms in total. The van der Waals surface area contributed by atoms with Crippen LogP contribution in [-0.2, 0) is 0 Å². The van der Waals surface area contributed by atoms with Crippen LogP contribution in [0, 0.1) is 12.7 Å². The van der Waals surface area contributed by atoms with Gasteiger partial charge in [0, 0.05) is 44.7 Å². The first-order valence-corrected chi connectivity index (χ1v) is 9.90. The topological polar surface area (TPSA) is 62.2 Å². The van der Waals surface area contributed by atoms with E-state index in [1.807, 2.05) is 13.0 Å². The Kier molecular flexibility index (Phi) is 6.66.